The first-order valence-electron chi connectivity index (χ1n) is 8.20. The predicted molar refractivity (Wildman–Crippen MR) is 91.1 cm³/mol. The van der Waals surface area contributed by atoms with Crippen LogP contribution in [0.15, 0.2) is 35.2 Å². The molecule has 1 aromatic carbocycles. The molecule has 0 radical (unpaired) electrons. The molecule has 1 aromatic rings. The molecule has 1 heterocycles. The molecule has 0 spiro atoms. The number of aliphatic hydroxyl groups excluding tert-OH is 1. The highest BCUT2D eigenvalue weighted by molar-refractivity contribution is 7.89. The number of nitrogens with zero attached hydrogens (tertiary/aromatic N) is 1. The summed E-state index contributed by atoms with van der Waals surface area (Å²) < 4.78 is 26.8. The Morgan fingerprint density at radius 1 is 1.16 bits per heavy atom. The van der Waals surface area contributed by atoms with Crippen molar-refractivity contribution in [2.45, 2.75) is 30.2 Å². The van der Waals surface area contributed by atoms with Crippen LogP contribution in [0.1, 0.15) is 19.3 Å². The van der Waals surface area contributed by atoms with Gasteiger partial charge in [0.2, 0.25) is 10.0 Å². The van der Waals surface area contributed by atoms with E-state index in [9.17, 15) is 18.0 Å². The van der Waals surface area contributed by atoms with Crippen molar-refractivity contribution >= 4 is 21.8 Å². The Bertz CT molecular complexity index is 693. The third kappa shape index (κ3) is 5.00. The summed E-state index contributed by atoms with van der Waals surface area (Å²) in [5.41, 5.74) is 0. The van der Waals surface area contributed by atoms with E-state index in [-0.39, 0.29) is 30.6 Å². The number of carbonyl (C=O) groups is 2. The molecule has 0 saturated carbocycles. The third-order valence-corrected chi connectivity index (χ3v) is 5.96. The van der Waals surface area contributed by atoms with Gasteiger partial charge >= 0.3 is 11.8 Å². The highest BCUT2D eigenvalue weighted by Crippen LogP contribution is 2.25. The zero-order chi connectivity index (χ0) is 18.3. The maximum Gasteiger partial charge on any atom is 0.309 e. The van der Waals surface area contributed by atoms with Crippen LogP contribution in [-0.4, -0.2) is 61.9 Å². The van der Waals surface area contributed by atoms with Gasteiger partial charge in [0.1, 0.15) is 0 Å². The lowest BCUT2D eigenvalue weighted by Crippen LogP contribution is -2.47. The molecule has 9 heteroatoms. The highest BCUT2D eigenvalue weighted by Gasteiger charge is 2.35. The van der Waals surface area contributed by atoms with Crippen molar-refractivity contribution in [1.29, 1.82) is 0 Å². The molecule has 2 amide bonds. The fourth-order valence-electron chi connectivity index (χ4n) is 2.71. The van der Waals surface area contributed by atoms with Gasteiger partial charge in [-0.1, -0.05) is 18.2 Å². The molecule has 3 N–H and O–H groups in total. The van der Waals surface area contributed by atoms with E-state index in [2.05, 4.69) is 10.6 Å². The SMILES string of the molecule is O=C(NCCCO)C(=O)NC[C@@H]1CCCN1S(=O)(=O)c1ccccc1. The van der Waals surface area contributed by atoms with E-state index < -0.39 is 21.8 Å². The summed E-state index contributed by atoms with van der Waals surface area (Å²) in [7, 11) is -3.62. The lowest BCUT2D eigenvalue weighted by molar-refractivity contribution is -0.139. The lowest BCUT2D eigenvalue weighted by Gasteiger charge is -2.24. The van der Waals surface area contributed by atoms with Crippen molar-refractivity contribution in [3.05, 3.63) is 30.3 Å². The number of aliphatic hydroxyl groups is 1. The zero-order valence-corrected chi connectivity index (χ0v) is 14.7. The summed E-state index contributed by atoms with van der Waals surface area (Å²) in [6.07, 6.45) is 1.69. The highest BCUT2D eigenvalue weighted by atomic mass is 32.2. The second-order valence-corrected chi connectivity index (χ2v) is 7.66. The van der Waals surface area contributed by atoms with E-state index in [1.165, 1.54) is 16.4 Å². The molecule has 0 aliphatic carbocycles. The minimum atomic E-state index is -3.62. The molecule has 0 unspecified atom stereocenters. The number of sulfonamides is 1. The van der Waals surface area contributed by atoms with Gasteiger partial charge < -0.3 is 15.7 Å². The fourth-order valence-corrected chi connectivity index (χ4v) is 4.42. The van der Waals surface area contributed by atoms with E-state index in [1.807, 2.05) is 0 Å². The second-order valence-electron chi connectivity index (χ2n) is 5.77. The van der Waals surface area contributed by atoms with Gasteiger partial charge in [0.15, 0.2) is 0 Å². The van der Waals surface area contributed by atoms with Crippen molar-refractivity contribution in [2.75, 3.05) is 26.2 Å². The van der Waals surface area contributed by atoms with Crippen LogP contribution in [0.4, 0.5) is 0 Å². The molecular weight excluding hydrogens is 346 g/mol. The summed E-state index contributed by atoms with van der Waals surface area (Å²) in [6, 6.07) is 7.78. The van der Waals surface area contributed by atoms with Crippen molar-refractivity contribution in [3.63, 3.8) is 0 Å². The fraction of sp³-hybridized carbons (Fsp3) is 0.500. The van der Waals surface area contributed by atoms with Crippen molar-refractivity contribution < 1.29 is 23.1 Å². The van der Waals surface area contributed by atoms with Gasteiger partial charge in [-0.2, -0.15) is 4.31 Å². The number of amides is 2. The van der Waals surface area contributed by atoms with Gasteiger partial charge in [-0.05, 0) is 31.4 Å². The molecule has 1 fully saturated rings. The first-order valence-corrected chi connectivity index (χ1v) is 9.64. The van der Waals surface area contributed by atoms with E-state index in [0.29, 0.717) is 25.8 Å². The molecule has 0 aromatic heterocycles. The van der Waals surface area contributed by atoms with Crippen LogP contribution in [0.2, 0.25) is 0 Å². The summed E-state index contributed by atoms with van der Waals surface area (Å²) >= 11 is 0. The van der Waals surface area contributed by atoms with Gasteiger partial charge in [0.05, 0.1) is 4.90 Å². The van der Waals surface area contributed by atoms with Crippen molar-refractivity contribution in [1.82, 2.24) is 14.9 Å². The van der Waals surface area contributed by atoms with Gasteiger partial charge in [-0.25, -0.2) is 8.42 Å². The topological polar surface area (TPSA) is 116 Å². The largest absolute Gasteiger partial charge is 0.396 e. The Balaban J connectivity index is 1.94. The molecule has 25 heavy (non-hydrogen) atoms. The first-order chi connectivity index (χ1) is 12.0. The molecule has 1 atom stereocenters. The van der Waals surface area contributed by atoms with E-state index in [4.69, 9.17) is 5.11 Å². The number of hydrogen-bond donors (Lipinski definition) is 3. The number of hydrogen-bond acceptors (Lipinski definition) is 5. The van der Waals surface area contributed by atoms with Crippen LogP contribution in [0, 0.1) is 0 Å². The van der Waals surface area contributed by atoms with Crippen LogP contribution in [-0.2, 0) is 19.6 Å². The lowest BCUT2D eigenvalue weighted by atomic mass is 10.2. The molecule has 8 nitrogen and oxygen atoms in total. The molecule has 2 rings (SSSR count). The van der Waals surface area contributed by atoms with E-state index in [0.717, 1.165) is 0 Å². The molecule has 1 aliphatic heterocycles. The van der Waals surface area contributed by atoms with E-state index in [1.54, 1.807) is 18.2 Å². The molecule has 1 aliphatic rings. The summed E-state index contributed by atoms with van der Waals surface area (Å²) in [5, 5.41) is 13.5. The van der Waals surface area contributed by atoms with Gasteiger partial charge in [0.25, 0.3) is 0 Å². The predicted octanol–water partition coefficient (Wildman–Crippen LogP) is -0.545. The monoisotopic (exact) mass is 369 g/mol. The Labute approximate surface area is 147 Å². The summed E-state index contributed by atoms with van der Waals surface area (Å²) in [6.45, 7) is 0.607. The maximum absolute atomic E-state index is 12.7. The first kappa shape index (κ1) is 19.4. The Morgan fingerprint density at radius 2 is 1.84 bits per heavy atom. The third-order valence-electron chi connectivity index (χ3n) is 4.00. The summed E-state index contributed by atoms with van der Waals surface area (Å²) in [4.78, 5) is 23.6. The normalized spacial score (nSPS) is 18.0. The number of benzene rings is 1. The molecular formula is C16H23N3O5S. The molecule has 0 bridgehead atoms. The maximum atomic E-state index is 12.7. The average Bonchev–Trinajstić information content (AvgIpc) is 3.10. The molecule has 138 valence electrons. The van der Waals surface area contributed by atoms with Crippen LogP contribution >= 0.6 is 0 Å². The average molecular weight is 369 g/mol. The van der Waals surface area contributed by atoms with Gasteiger partial charge in [0, 0.05) is 32.3 Å². The minimum Gasteiger partial charge on any atom is -0.396 e. The minimum absolute atomic E-state index is 0.0731. The number of nitrogens with one attached hydrogen (secondary N) is 2. The number of rotatable bonds is 7. The second kappa shape index (κ2) is 8.93. The Kier molecular flexibility index (Phi) is 6.91. The van der Waals surface area contributed by atoms with E-state index >= 15 is 0 Å². The van der Waals surface area contributed by atoms with Gasteiger partial charge in [-0.15, -0.1) is 0 Å². The Hall–Kier alpha value is -1.97. The quantitative estimate of drug-likeness (QED) is 0.441. The molecule has 1 saturated heterocycles. The van der Waals surface area contributed by atoms with Crippen LogP contribution < -0.4 is 10.6 Å². The van der Waals surface area contributed by atoms with Crippen molar-refractivity contribution in [3.8, 4) is 0 Å². The Morgan fingerprint density at radius 3 is 2.52 bits per heavy atom. The number of carbonyl (C=O) groups excluding carboxylic acids is 2. The van der Waals surface area contributed by atoms with Crippen LogP contribution in [0.25, 0.3) is 0 Å². The van der Waals surface area contributed by atoms with Crippen LogP contribution in [0.3, 0.4) is 0 Å². The van der Waals surface area contributed by atoms with Crippen molar-refractivity contribution in [2.24, 2.45) is 0 Å². The standard InChI is InChI=1S/C16H23N3O5S/c20-11-5-9-17-15(21)16(22)18-12-13-6-4-10-19(13)25(23,24)14-7-2-1-3-8-14/h1-3,7-8,13,20H,4-6,9-12H2,(H,17,21)(H,18,22)/t13-/m0/s1. The smallest absolute Gasteiger partial charge is 0.309 e. The zero-order valence-electron chi connectivity index (χ0n) is 13.8. The van der Waals surface area contributed by atoms with Crippen LogP contribution in [0.5, 0.6) is 0 Å². The van der Waals surface area contributed by atoms with Gasteiger partial charge in [-0.3, -0.25) is 9.59 Å². The summed E-state index contributed by atoms with van der Waals surface area (Å²) in [5.74, 6) is -1.59.